The van der Waals surface area contributed by atoms with Crippen LogP contribution in [0.1, 0.15) is 59.7 Å². The second-order valence-electron chi connectivity index (χ2n) is 10.6. The van der Waals surface area contributed by atoms with Crippen molar-refractivity contribution < 1.29 is 28.3 Å². The lowest BCUT2D eigenvalue weighted by Crippen LogP contribution is -2.47. The number of furan rings is 1. The van der Waals surface area contributed by atoms with Gasteiger partial charge in [-0.2, -0.15) is 0 Å². The summed E-state index contributed by atoms with van der Waals surface area (Å²) < 4.78 is 18.4. The van der Waals surface area contributed by atoms with Gasteiger partial charge in [0.05, 0.1) is 6.04 Å². The first-order valence-corrected chi connectivity index (χ1v) is 13.3. The van der Waals surface area contributed by atoms with Crippen LogP contribution < -0.4 is 5.73 Å². The molecule has 8 heteroatoms. The van der Waals surface area contributed by atoms with Crippen LogP contribution in [0.15, 0.2) is 59.0 Å². The minimum atomic E-state index is -1.15. The number of likely N-dealkylation sites (tertiary alicyclic amines) is 1. The molecule has 7 nitrogen and oxygen atoms in total. The third kappa shape index (κ3) is 5.23. The Labute approximate surface area is 220 Å². The first-order valence-electron chi connectivity index (χ1n) is 13.3. The van der Waals surface area contributed by atoms with Gasteiger partial charge in [0.15, 0.2) is 5.78 Å². The van der Waals surface area contributed by atoms with Gasteiger partial charge in [0.25, 0.3) is 0 Å². The van der Waals surface area contributed by atoms with E-state index in [4.69, 9.17) is 10.2 Å². The number of hydrogen-bond donors (Lipinski definition) is 2. The van der Waals surface area contributed by atoms with Crippen molar-refractivity contribution in [2.24, 2.45) is 17.6 Å². The topological polar surface area (TPSA) is 114 Å². The number of aromatic carboxylic acids is 1. The highest BCUT2D eigenvalue weighted by Gasteiger charge is 2.44. The van der Waals surface area contributed by atoms with Gasteiger partial charge >= 0.3 is 5.97 Å². The Balaban J connectivity index is 1.37. The van der Waals surface area contributed by atoms with Gasteiger partial charge in [0, 0.05) is 36.2 Å². The largest absolute Gasteiger partial charge is 0.475 e. The number of Topliss-reactive ketones (excluding diaryl/α,β-unsaturated/α-hetero) is 1. The van der Waals surface area contributed by atoms with Crippen molar-refractivity contribution in [2.45, 2.75) is 56.5 Å². The minimum absolute atomic E-state index is 0.00503. The lowest BCUT2D eigenvalue weighted by atomic mass is 9.78. The number of nitrogens with two attached hydrogens (primary N) is 1. The van der Waals surface area contributed by atoms with Gasteiger partial charge in [-0.1, -0.05) is 36.4 Å². The van der Waals surface area contributed by atoms with E-state index in [0.29, 0.717) is 36.8 Å². The predicted molar refractivity (Wildman–Crippen MR) is 141 cm³/mol. The molecule has 1 aliphatic heterocycles. The lowest BCUT2D eigenvalue weighted by molar-refractivity contribution is -0.142. The van der Waals surface area contributed by atoms with E-state index in [1.807, 2.05) is 30.3 Å². The van der Waals surface area contributed by atoms with E-state index in [1.54, 1.807) is 23.1 Å². The normalized spacial score (nSPS) is 24.4. The van der Waals surface area contributed by atoms with Crippen LogP contribution in [-0.4, -0.2) is 53.0 Å². The molecule has 1 unspecified atom stereocenters. The predicted octanol–water partition coefficient (Wildman–Crippen LogP) is 4.73. The summed E-state index contributed by atoms with van der Waals surface area (Å²) in [5.74, 6) is -1.52. The number of benzene rings is 2. The van der Waals surface area contributed by atoms with Crippen LogP contribution in [0.4, 0.5) is 4.39 Å². The molecule has 0 bridgehead atoms. The van der Waals surface area contributed by atoms with Gasteiger partial charge in [-0.25, -0.2) is 9.18 Å². The summed E-state index contributed by atoms with van der Waals surface area (Å²) in [6.45, 7) is -0.0333. The van der Waals surface area contributed by atoms with Crippen LogP contribution in [0, 0.1) is 11.8 Å². The summed E-state index contributed by atoms with van der Waals surface area (Å²) in [5, 5.41) is 9.84. The summed E-state index contributed by atoms with van der Waals surface area (Å²) in [7, 11) is 0. The Kier molecular flexibility index (Phi) is 7.61. The molecular weight excluding hydrogens is 487 g/mol. The number of amides is 1. The van der Waals surface area contributed by atoms with E-state index in [-0.39, 0.29) is 41.6 Å². The number of carboxylic acid groups (broad SMARTS) is 1. The van der Waals surface area contributed by atoms with Gasteiger partial charge in [-0.3, -0.25) is 9.59 Å². The maximum absolute atomic E-state index is 13.9. The van der Waals surface area contributed by atoms with Crippen molar-refractivity contribution in [1.82, 2.24) is 4.90 Å². The highest BCUT2D eigenvalue weighted by molar-refractivity contribution is 5.94. The molecule has 3 N–H and O–H groups in total. The highest BCUT2D eigenvalue weighted by atomic mass is 19.1. The number of alkyl halides is 1. The SMILES string of the molecule is NC(CF)C1CCC(C(=O)N2CC[C@H](c3ccccc3)[C@H]2C(=O)Cc2ccc3oc(C(=O)O)cc3c2)CC1. The second-order valence-corrected chi connectivity index (χ2v) is 10.6. The molecular formula is C30H33FN2O5. The van der Waals surface area contributed by atoms with Gasteiger partial charge in [0.1, 0.15) is 12.3 Å². The molecule has 1 aliphatic carbocycles. The number of ketones is 1. The smallest absolute Gasteiger partial charge is 0.371 e. The number of hydrogen-bond acceptors (Lipinski definition) is 5. The standard InChI is InChI=1S/C30H33FN2O5/c31-17-24(32)20-7-9-21(10-8-20)29(35)33-13-12-23(19-4-2-1-3-5-19)28(33)25(34)15-18-6-11-26-22(14-18)16-27(38-26)30(36)37/h1-6,11,14,16,20-21,23-24,28H,7-10,12-13,15,17,32H2,(H,36,37)/t20?,21?,23-,24?,28+/m1/s1. The molecule has 0 spiro atoms. The number of carbonyl (C=O) groups is 3. The molecule has 2 aromatic carbocycles. The van der Waals surface area contributed by atoms with Crippen LogP contribution in [0.5, 0.6) is 0 Å². The van der Waals surface area contributed by atoms with E-state index in [1.165, 1.54) is 6.07 Å². The van der Waals surface area contributed by atoms with Crippen molar-refractivity contribution in [3.05, 3.63) is 71.5 Å². The van der Waals surface area contributed by atoms with Crippen molar-refractivity contribution in [3.63, 3.8) is 0 Å². The van der Waals surface area contributed by atoms with Crippen LogP contribution in [0.3, 0.4) is 0 Å². The van der Waals surface area contributed by atoms with E-state index < -0.39 is 24.7 Å². The van der Waals surface area contributed by atoms with Crippen molar-refractivity contribution in [1.29, 1.82) is 0 Å². The Morgan fingerprint density at radius 2 is 1.76 bits per heavy atom. The summed E-state index contributed by atoms with van der Waals surface area (Å²) in [5.41, 5.74) is 8.14. The first-order chi connectivity index (χ1) is 18.4. The molecule has 1 saturated heterocycles. The second kappa shape index (κ2) is 11.1. The molecule has 200 valence electrons. The van der Waals surface area contributed by atoms with E-state index in [2.05, 4.69) is 0 Å². The van der Waals surface area contributed by atoms with Crippen LogP contribution >= 0.6 is 0 Å². The third-order valence-electron chi connectivity index (χ3n) is 8.31. The highest BCUT2D eigenvalue weighted by Crippen LogP contribution is 2.38. The summed E-state index contributed by atoms with van der Waals surface area (Å²) in [4.78, 5) is 40.6. The van der Waals surface area contributed by atoms with Gasteiger partial charge < -0.3 is 20.2 Å². The third-order valence-corrected chi connectivity index (χ3v) is 8.31. The molecule has 3 aromatic rings. The van der Waals surface area contributed by atoms with E-state index >= 15 is 0 Å². The number of fused-ring (bicyclic) bond motifs is 1. The van der Waals surface area contributed by atoms with Gasteiger partial charge in [0.2, 0.25) is 11.7 Å². The van der Waals surface area contributed by atoms with Crippen LogP contribution in [0.2, 0.25) is 0 Å². The maximum atomic E-state index is 13.9. The average Bonchev–Trinajstić information content (AvgIpc) is 3.58. The number of rotatable bonds is 8. The average molecular weight is 521 g/mol. The number of halogens is 1. The fourth-order valence-corrected chi connectivity index (χ4v) is 6.26. The molecule has 3 atom stereocenters. The fourth-order valence-electron chi connectivity index (χ4n) is 6.26. The first kappa shape index (κ1) is 26.1. The zero-order valence-electron chi connectivity index (χ0n) is 21.2. The molecule has 1 amide bonds. The number of carbonyl (C=O) groups excluding carboxylic acids is 2. The molecule has 1 saturated carbocycles. The summed E-state index contributed by atoms with van der Waals surface area (Å²) in [6.07, 6.45) is 3.59. The monoisotopic (exact) mass is 520 g/mol. The van der Waals surface area contributed by atoms with Gasteiger partial charge in [-0.15, -0.1) is 0 Å². The molecule has 2 fully saturated rings. The van der Waals surface area contributed by atoms with Crippen molar-refractivity contribution in [2.75, 3.05) is 13.2 Å². The van der Waals surface area contributed by atoms with E-state index in [9.17, 15) is 23.9 Å². The van der Waals surface area contributed by atoms with Crippen LogP contribution in [-0.2, 0) is 16.0 Å². The Morgan fingerprint density at radius 1 is 1.03 bits per heavy atom. The zero-order chi connectivity index (χ0) is 26.8. The molecule has 0 radical (unpaired) electrons. The van der Waals surface area contributed by atoms with Crippen molar-refractivity contribution in [3.8, 4) is 0 Å². The Hall–Kier alpha value is -3.52. The molecule has 2 heterocycles. The minimum Gasteiger partial charge on any atom is -0.475 e. The maximum Gasteiger partial charge on any atom is 0.371 e. The molecule has 2 aliphatic rings. The van der Waals surface area contributed by atoms with Crippen molar-refractivity contribution >= 4 is 28.6 Å². The van der Waals surface area contributed by atoms with Crippen LogP contribution in [0.25, 0.3) is 11.0 Å². The number of nitrogens with zero attached hydrogens (tertiary/aromatic N) is 1. The summed E-state index contributed by atoms with van der Waals surface area (Å²) in [6, 6.07) is 15.5. The van der Waals surface area contributed by atoms with E-state index in [0.717, 1.165) is 24.0 Å². The molecule has 1 aromatic heterocycles. The Bertz CT molecular complexity index is 1310. The van der Waals surface area contributed by atoms with Gasteiger partial charge in [-0.05, 0) is 67.3 Å². The fraction of sp³-hybridized carbons (Fsp3) is 0.433. The number of carboxylic acids is 1. The summed E-state index contributed by atoms with van der Waals surface area (Å²) >= 11 is 0. The molecule has 5 rings (SSSR count). The quantitative estimate of drug-likeness (QED) is 0.444. The zero-order valence-corrected chi connectivity index (χ0v) is 21.2. The molecule has 38 heavy (non-hydrogen) atoms. The Morgan fingerprint density at radius 3 is 2.45 bits per heavy atom. The lowest BCUT2D eigenvalue weighted by Gasteiger charge is -2.35.